The van der Waals surface area contributed by atoms with E-state index in [1.807, 2.05) is 0 Å². The zero-order chi connectivity index (χ0) is 16.2. The molecule has 0 bridgehead atoms. The third kappa shape index (κ3) is 3.21. The number of amides is 1. The minimum Gasteiger partial charge on any atom is -0.345 e. The molecule has 3 aromatic rings. The molecule has 0 atom stereocenters. The lowest BCUT2D eigenvalue weighted by atomic mass is 10.2. The molecule has 3 rings (SSSR count). The quantitative estimate of drug-likeness (QED) is 0.437. The summed E-state index contributed by atoms with van der Waals surface area (Å²) in [6, 6.07) is 10.9. The number of hydrogen-bond acceptors (Lipinski definition) is 5. The topological polar surface area (TPSA) is 113 Å². The van der Waals surface area contributed by atoms with Crippen molar-refractivity contribution in [2.75, 3.05) is 0 Å². The van der Waals surface area contributed by atoms with Crippen LogP contribution in [0.25, 0.3) is 11.0 Å². The Morgan fingerprint density at radius 3 is 2.78 bits per heavy atom. The lowest BCUT2D eigenvalue weighted by Crippen LogP contribution is -2.17. The van der Waals surface area contributed by atoms with E-state index in [2.05, 4.69) is 20.5 Å². The predicted molar refractivity (Wildman–Crippen MR) is 84.3 cm³/mol. The first-order valence-corrected chi connectivity index (χ1v) is 6.64. The SMILES string of the molecule is O=C(N/N=C\c1ccc([N+](=O)[O-])cc1)c1ccc2nc[nH]c2c1. The lowest BCUT2D eigenvalue weighted by Gasteiger charge is -2.00. The molecule has 1 amide bonds. The molecule has 1 heterocycles. The number of fused-ring (bicyclic) bond motifs is 1. The second-order valence-corrected chi connectivity index (χ2v) is 4.68. The van der Waals surface area contributed by atoms with Gasteiger partial charge in [0, 0.05) is 17.7 Å². The fourth-order valence-electron chi connectivity index (χ4n) is 1.99. The molecule has 0 unspecified atom stereocenters. The molecule has 0 aliphatic carbocycles. The Balaban J connectivity index is 1.66. The number of rotatable bonds is 4. The number of non-ortho nitro benzene ring substituents is 1. The van der Waals surface area contributed by atoms with E-state index in [0.717, 1.165) is 11.0 Å². The number of nitro benzene ring substituents is 1. The third-order valence-electron chi connectivity index (χ3n) is 3.17. The maximum Gasteiger partial charge on any atom is 0.271 e. The van der Waals surface area contributed by atoms with Crippen LogP contribution in [-0.2, 0) is 0 Å². The van der Waals surface area contributed by atoms with E-state index >= 15 is 0 Å². The van der Waals surface area contributed by atoms with Gasteiger partial charge in [0.1, 0.15) is 0 Å². The Kier molecular flexibility index (Phi) is 3.79. The van der Waals surface area contributed by atoms with Crippen LogP contribution >= 0.6 is 0 Å². The predicted octanol–water partition coefficient (Wildman–Crippen LogP) is 2.24. The average Bonchev–Trinajstić information content (AvgIpc) is 3.02. The van der Waals surface area contributed by atoms with Gasteiger partial charge >= 0.3 is 0 Å². The Labute approximate surface area is 130 Å². The van der Waals surface area contributed by atoms with Crippen molar-refractivity contribution >= 4 is 28.8 Å². The standard InChI is InChI=1S/C15H11N5O3/c21-15(11-3-6-13-14(7-11)17-9-16-13)19-18-8-10-1-4-12(5-2-10)20(22)23/h1-9H,(H,16,17)(H,19,21)/b18-8-. The second-order valence-electron chi connectivity index (χ2n) is 4.68. The van der Waals surface area contributed by atoms with E-state index in [0.29, 0.717) is 11.1 Å². The Morgan fingerprint density at radius 1 is 1.26 bits per heavy atom. The molecule has 0 aliphatic heterocycles. The van der Waals surface area contributed by atoms with Crippen LogP contribution in [0.15, 0.2) is 53.9 Å². The highest BCUT2D eigenvalue weighted by molar-refractivity contribution is 5.97. The van der Waals surface area contributed by atoms with Crippen LogP contribution in [0, 0.1) is 10.1 Å². The van der Waals surface area contributed by atoms with Gasteiger partial charge in [0.25, 0.3) is 11.6 Å². The lowest BCUT2D eigenvalue weighted by molar-refractivity contribution is -0.384. The molecule has 0 saturated carbocycles. The van der Waals surface area contributed by atoms with Gasteiger partial charge < -0.3 is 4.98 Å². The van der Waals surface area contributed by atoms with E-state index in [9.17, 15) is 14.9 Å². The number of hydrogen-bond donors (Lipinski definition) is 2. The fraction of sp³-hybridized carbons (Fsp3) is 0. The minimum absolute atomic E-state index is 0.000884. The van der Waals surface area contributed by atoms with Crippen molar-refractivity contribution in [3.8, 4) is 0 Å². The molecule has 1 aromatic heterocycles. The number of hydrazone groups is 1. The van der Waals surface area contributed by atoms with Crippen LogP contribution in [0.2, 0.25) is 0 Å². The highest BCUT2D eigenvalue weighted by atomic mass is 16.6. The van der Waals surface area contributed by atoms with E-state index in [1.54, 1.807) is 36.7 Å². The van der Waals surface area contributed by atoms with Gasteiger partial charge in [-0.05, 0) is 35.9 Å². The van der Waals surface area contributed by atoms with Crippen LogP contribution in [0.5, 0.6) is 0 Å². The van der Waals surface area contributed by atoms with Crippen molar-refractivity contribution in [1.29, 1.82) is 0 Å². The number of H-pyrrole nitrogens is 1. The van der Waals surface area contributed by atoms with Crippen LogP contribution in [-0.4, -0.2) is 27.0 Å². The molecule has 2 N–H and O–H groups in total. The smallest absolute Gasteiger partial charge is 0.271 e. The molecule has 0 saturated heterocycles. The molecule has 2 aromatic carbocycles. The van der Waals surface area contributed by atoms with E-state index in [4.69, 9.17) is 0 Å². The highest BCUT2D eigenvalue weighted by Crippen LogP contribution is 2.12. The summed E-state index contributed by atoms with van der Waals surface area (Å²) < 4.78 is 0. The zero-order valence-electron chi connectivity index (χ0n) is 11.8. The maximum absolute atomic E-state index is 12.0. The monoisotopic (exact) mass is 309 g/mol. The van der Waals surface area contributed by atoms with Gasteiger partial charge in [0.15, 0.2) is 0 Å². The number of nitro groups is 1. The first-order chi connectivity index (χ1) is 11.1. The minimum atomic E-state index is -0.478. The van der Waals surface area contributed by atoms with Crippen molar-refractivity contribution in [3.63, 3.8) is 0 Å². The second kappa shape index (κ2) is 6.06. The number of carbonyl (C=O) groups excluding carboxylic acids is 1. The number of nitrogens with one attached hydrogen (secondary N) is 2. The zero-order valence-corrected chi connectivity index (χ0v) is 11.8. The van der Waals surface area contributed by atoms with Crippen molar-refractivity contribution < 1.29 is 9.72 Å². The summed E-state index contributed by atoms with van der Waals surface area (Å²) >= 11 is 0. The van der Waals surface area contributed by atoms with Crippen molar-refractivity contribution in [2.45, 2.75) is 0 Å². The Bertz CT molecular complexity index is 899. The summed E-state index contributed by atoms with van der Waals surface area (Å²) in [4.78, 5) is 29.1. The van der Waals surface area contributed by atoms with Gasteiger partial charge in [-0.3, -0.25) is 14.9 Å². The van der Waals surface area contributed by atoms with E-state index < -0.39 is 4.92 Å². The molecule has 0 fully saturated rings. The number of benzene rings is 2. The van der Waals surface area contributed by atoms with Gasteiger partial charge in [0.2, 0.25) is 0 Å². The molecular formula is C15H11N5O3. The number of imidazole rings is 1. The van der Waals surface area contributed by atoms with E-state index in [1.165, 1.54) is 18.3 Å². The molecule has 114 valence electrons. The normalized spacial score (nSPS) is 11.0. The van der Waals surface area contributed by atoms with Gasteiger partial charge in [-0.1, -0.05) is 0 Å². The molecule has 0 aliphatic rings. The number of aromatic amines is 1. The van der Waals surface area contributed by atoms with Gasteiger partial charge in [-0.2, -0.15) is 5.10 Å². The van der Waals surface area contributed by atoms with Gasteiger partial charge in [-0.15, -0.1) is 0 Å². The Hall–Kier alpha value is -3.55. The van der Waals surface area contributed by atoms with Crippen LogP contribution in [0.3, 0.4) is 0 Å². The Morgan fingerprint density at radius 2 is 2.04 bits per heavy atom. The van der Waals surface area contributed by atoms with Gasteiger partial charge in [-0.25, -0.2) is 10.4 Å². The number of carbonyl (C=O) groups is 1. The number of aromatic nitrogens is 2. The van der Waals surface area contributed by atoms with Crippen molar-refractivity contribution in [1.82, 2.24) is 15.4 Å². The summed E-state index contributed by atoms with van der Waals surface area (Å²) in [6.45, 7) is 0. The molecular weight excluding hydrogens is 298 g/mol. The largest absolute Gasteiger partial charge is 0.345 e. The first-order valence-electron chi connectivity index (χ1n) is 6.64. The third-order valence-corrected chi connectivity index (χ3v) is 3.17. The van der Waals surface area contributed by atoms with Crippen LogP contribution < -0.4 is 5.43 Å². The maximum atomic E-state index is 12.0. The average molecular weight is 309 g/mol. The summed E-state index contributed by atoms with van der Waals surface area (Å²) in [7, 11) is 0. The molecule has 23 heavy (non-hydrogen) atoms. The molecule has 8 heteroatoms. The van der Waals surface area contributed by atoms with Gasteiger partial charge in [0.05, 0.1) is 28.5 Å². The first kappa shape index (κ1) is 14.4. The van der Waals surface area contributed by atoms with E-state index in [-0.39, 0.29) is 11.6 Å². The summed E-state index contributed by atoms with van der Waals surface area (Å²) in [5.74, 6) is -0.361. The van der Waals surface area contributed by atoms with Crippen molar-refractivity contribution in [2.24, 2.45) is 5.10 Å². The van der Waals surface area contributed by atoms with Crippen LogP contribution in [0.1, 0.15) is 15.9 Å². The fourth-order valence-corrected chi connectivity index (χ4v) is 1.99. The molecule has 0 radical (unpaired) electrons. The summed E-state index contributed by atoms with van der Waals surface area (Å²) in [6.07, 6.45) is 2.97. The summed E-state index contributed by atoms with van der Waals surface area (Å²) in [5.41, 5.74) is 5.02. The molecule has 0 spiro atoms. The highest BCUT2D eigenvalue weighted by Gasteiger charge is 2.06. The van der Waals surface area contributed by atoms with Crippen molar-refractivity contribution in [3.05, 3.63) is 70.0 Å². The van der Waals surface area contributed by atoms with Crippen LogP contribution in [0.4, 0.5) is 5.69 Å². The summed E-state index contributed by atoms with van der Waals surface area (Å²) in [5, 5.41) is 14.4. The number of nitrogens with zero attached hydrogens (tertiary/aromatic N) is 3. The molecule has 8 nitrogen and oxygen atoms in total.